The van der Waals surface area contributed by atoms with Crippen molar-refractivity contribution in [3.63, 3.8) is 0 Å². The summed E-state index contributed by atoms with van der Waals surface area (Å²) in [5, 5.41) is 4.25. The maximum atomic E-state index is 13.1. The van der Waals surface area contributed by atoms with Gasteiger partial charge in [0, 0.05) is 42.3 Å². The van der Waals surface area contributed by atoms with Crippen LogP contribution >= 0.6 is 0 Å². The van der Waals surface area contributed by atoms with Gasteiger partial charge in [-0.2, -0.15) is 18.3 Å². The number of hydrogen-bond acceptors (Lipinski definition) is 6. The third kappa shape index (κ3) is 4.41. The van der Waals surface area contributed by atoms with Crippen molar-refractivity contribution in [3.8, 4) is 23.0 Å². The Hall–Kier alpha value is -4.28. The number of benzene rings is 1. The Morgan fingerprint density at radius 1 is 1.03 bits per heavy atom. The van der Waals surface area contributed by atoms with Crippen molar-refractivity contribution >= 4 is 11.7 Å². The molecular formula is C26H21F3N6O2. The Balaban J connectivity index is 1.28. The SMILES string of the molecule is O=C1Cc2cnc(-c3cccnc3OCC(F)(F)F)nc2N1[C@@H]1CC[C@H]1c1ccc(-n2cccn2)cc1. The van der Waals surface area contributed by atoms with Crippen LogP contribution in [0.3, 0.4) is 0 Å². The number of nitrogens with zero attached hydrogens (tertiary/aromatic N) is 6. The first-order valence-corrected chi connectivity index (χ1v) is 11.8. The first kappa shape index (κ1) is 23.1. The second kappa shape index (κ2) is 8.99. The van der Waals surface area contributed by atoms with Crippen LogP contribution in [0.4, 0.5) is 19.0 Å². The summed E-state index contributed by atoms with van der Waals surface area (Å²) in [6, 6.07) is 13.0. The number of hydrogen-bond donors (Lipinski definition) is 0. The van der Waals surface area contributed by atoms with Crippen LogP contribution < -0.4 is 9.64 Å². The normalized spacial score (nSPS) is 19.0. The highest BCUT2D eigenvalue weighted by Gasteiger charge is 2.44. The average Bonchev–Trinajstić information content (AvgIpc) is 3.51. The van der Waals surface area contributed by atoms with E-state index >= 15 is 0 Å². The molecule has 6 rings (SSSR count). The van der Waals surface area contributed by atoms with E-state index in [1.54, 1.807) is 34.1 Å². The van der Waals surface area contributed by atoms with E-state index in [1.807, 2.05) is 24.4 Å². The molecule has 2 aliphatic rings. The molecule has 0 unspecified atom stereocenters. The van der Waals surface area contributed by atoms with Crippen LogP contribution in [0.1, 0.15) is 29.9 Å². The van der Waals surface area contributed by atoms with Gasteiger partial charge >= 0.3 is 6.18 Å². The molecular weight excluding hydrogens is 485 g/mol. The Morgan fingerprint density at radius 2 is 1.86 bits per heavy atom. The Kier molecular flexibility index (Phi) is 5.62. The average molecular weight is 506 g/mol. The van der Waals surface area contributed by atoms with Crippen LogP contribution in [0.25, 0.3) is 17.1 Å². The van der Waals surface area contributed by atoms with Crippen molar-refractivity contribution in [3.05, 3.63) is 78.4 Å². The fraction of sp³-hybridized carbons (Fsp3) is 0.269. The van der Waals surface area contributed by atoms with Crippen molar-refractivity contribution in [1.29, 1.82) is 0 Å². The van der Waals surface area contributed by atoms with Gasteiger partial charge < -0.3 is 4.74 Å². The molecule has 4 heterocycles. The zero-order valence-electron chi connectivity index (χ0n) is 19.5. The highest BCUT2D eigenvalue weighted by molar-refractivity contribution is 6.01. The largest absolute Gasteiger partial charge is 0.467 e. The number of halogens is 3. The number of rotatable bonds is 6. The molecule has 3 aromatic heterocycles. The summed E-state index contributed by atoms with van der Waals surface area (Å²) in [6.45, 7) is -1.48. The quantitative estimate of drug-likeness (QED) is 0.383. The van der Waals surface area contributed by atoms with E-state index in [2.05, 4.69) is 32.2 Å². The van der Waals surface area contributed by atoms with Gasteiger partial charge in [-0.3, -0.25) is 9.69 Å². The Morgan fingerprint density at radius 3 is 2.57 bits per heavy atom. The number of carbonyl (C=O) groups is 1. The number of amides is 1. The molecule has 1 fully saturated rings. The molecule has 1 amide bonds. The summed E-state index contributed by atoms with van der Waals surface area (Å²) in [4.78, 5) is 27.7. The van der Waals surface area contributed by atoms with E-state index in [4.69, 9.17) is 4.74 Å². The minimum absolute atomic E-state index is 0.0657. The van der Waals surface area contributed by atoms with Crippen molar-refractivity contribution in [2.45, 2.75) is 37.4 Å². The molecule has 0 N–H and O–H groups in total. The lowest BCUT2D eigenvalue weighted by Crippen LogP contribution is -2.48. The second-order valence-electron chi connectivity index (χ2n) is 9.04. The number of alkyl halides is 3. The predicted molar refractivity (Wildman–Crippen MR) is 127 cm³/mol. The summed E-state index contributed by atoms with van der Waals surface area (Å²) in [5.74, 6) is 0.509. The smallest absolute Gasteiger partial charge is 0.422 e. The van der Waals surface area contributed by atoms with Crippen molar-refractivity contribution < 1.29 is 22.7 Å². The van der Waals surface area contributed by atoms with E-state index in [0.717, 1.165) is 24.1 Å². The van der Waals surface area contributed by atoms with Crippen LogP contribution in [-0.2, 0) is 11.2 Å². The first-order valence-electron chi connectivity index (χ1n) is 11.8. The molecule has 0 radical (unpaired) electrons. The van der Waals surface area contributed by atoms with Gasteiger partial charge in [0.05, 0.1) is 17.7 Å². The lowest BCUT2D eigenvalue weighted by molar-refractivity contribution is -0.154. The van der Waals surface area contributed by atoms with Gasteiger partial charge in [-0.05, 0) is 48.7 Å². The maximum absolute atomic E-state index is 13.1. The molecule has 0 saturated heterocycles. The predicted octanol–water partition coefficient (Wildman–Crippen LogP) is 4.50. The zero-order chi connectivity index (χ0) is 25.6. The topological polar surface area (TPSA) is 86.0 Å². The fourth-order valence-electron chi connectivity index (χ4n) is 4.87. The van der Waals surface area contributed by atoms with Gasteiger partial charge in [0.2, 0.25) is 11.8 Å². The van der Waals surface area contributed by atoms with E-state index in [-0.39, 0.29) is 41.6 Å². The highest BCUT2D eigenvalue weighted by Crippen LogP contribution is 2.45. The van der Waals surface area contributed by atoms with E-state index in [9.17, 15) is 18.0 Å². The molecule has 0 bridgehead atoms. The highest BCUT2D eigenvalue weighted by atomic mass is 19.4. The van der Waals surface area contributed by atoms with Gasteiger partial charge in [0.25, 0.3) is 0 Å². The van der Waals surface area contributed by atoms with Crippen molar-refractivity contribution in [1.82, 2.24) is 24.7 Å². The Labute approximate surface area is 209 Å². The van der Waals surface area contributed by atoms with Gasteiger partial charge in [-0.1, -0.05) is 12.1 Å². The molecule has 1 aliphatic carbocycles. The number of anilines is 1. The van der Waals surface area contributed by atoms with E-state index in [1.165, 1.54) is 6.20 Å². The van der Waals surface area contributed by atoms with Gasteiger partial charge in [0.15, 0.2) is 12.4 Å². The third-order valence-corrected chi connectivity index (χ3v) is 6.72. The number of pyridine rings is 1. The van der Waals surface area contributed by atoms with Crippen molar-refractivity contribution in [2.75, 3.05) is 11.5 Å². The van der Waals surface area contributed by atoms with Crippen LogP contribution in [0, 0.1) is 0 Å². The molecule has 2 atom stereocenters. The zero-order valence-corrected chi connectivity index (χ0v) is 19.5. The van der Waals surface area contributed by atoms with Crippen LogP contribution in [0.5, 0.6) is 5.88 Å². The summed E-state index contributed by atoms with van der Waals surface area (Å²) in [7, 11) is 0. The maximum Gasteiger partial charge on any atom is 0.422 e. The fourth-order valence-corrected chi connectivity index (χ4v) is 4.87. The molecule has 0 spiro atoms. The Bertz CT molecular complexity index is 1440. The van der Waals surface area contributed by atoms with E-state index < -0.39 is 12.8 Å². The standard InChI is InChI=1S/C26H21F3N6O2/c27-26(28,29)15-37-25-20(3-1-10-30-25)23-31-14-17-13-22(36)35(24(17)33-23)21-9-8-19(21)16-4-6-18(7-5-16)34-12-2-11-32-34/h1-7,10-12,14,19,21H,8-9,13,15H2/t19-,21+/m0/s1. The molecule has 1 aromatic carbocycles. The van der Waals surface area contributed by atoms with Gasteiger partial charge in [-0.15, -0.1) is 0 Å². The summed E-state index contributed by atoms with van der Waals surface area (Å²) in [6.07, 6.45) is 3.93. The number of carbonyl (C=O) groups excluding carboxylic acids is 1. The molecule has 188 valence electrons. The number of aromatic nitrogens is 5. The summed E-state index contributed by atoms with van der Waals surface area (Å²) in [5.41, 5.74) is 2.99. The van der Waals surface area contributed by atoms with Crippen LogP contribution in [0.15, 0.2) is 67.3 Å². The monoisotopic (exact) mass is 506 g/mol. The molecule has 4 aromatic rings. The van der Waals surface area contributed by atoms with Crippen molar-refractivity contribution in [2.24, 2.45) is 0 Å². The van der Waals surface area contributed by atoms with Crippen LogP contribution in [-0.4, -0.2) is 49.5 Å². The lowest BCUT2D eigenvalue weighted by atomic mass is 9.74. The molecule has 8 nitrogen and oxygen atoms in total. The summed E-state index contributed by atoms with van der Waals surface area (Å²) >= 11 is 0. The van der Waals surface area contributed by atoms with Gasteiger partial charge in [-0.25, -0.2) is 19.6 Å². The van der Waals surface area contributed by atoms with Gasteiger partial charge in [0.1, 0.15) is 5.82 Å². The van der Waals surface area contributed by atoms with E-state index in [0.29, 0.717) is 11.4 Å². The minimum atomic E-state index is -4.51. The molecule has 1 aliphatic heterocycles. The molecule has 1 saturated carbocycles. The number of ether oxygens (including phenoxy) is 1. The summed E-state index contributed by atoms with van der Waals surface area (Å²) < 4.78 is 44.9. The third-order valence-electron chi connectivity index (χ3n) is 6.72. The number of fused-ring (bicyclic) bond motifs is 1. The first-order chi connectivity index (χ1) is 17.9. The molecule has 37 heavy (non-hydrogen) atoms. The second-order valence-corrected chi connectivity index (χ2v) is 9.04. The minimum Gasteiger partial charge on any atom is -0.467 e. The lowest BCUT2D eigenvalue weighted by Gasteiger charge is -2.42. The molecule has 11 heteroatoms. The van der Waals surface area contributed by atoms with Crippen LogP contribution in [0.2, 0.25) is 0 Å².